The molecule has 0 heterocycles. The Balaban J connectivity index is 1.86. The summed E-state index contributed by atoms with van der Waals surface area (Å²) in [6.07, 6.45) is 0. The molecule has 0 N–H and O–H groups in total. The van der Waals surface area contributed by atoms with Crippen LogP contribution in [0.1, 0.15) is 0 Å². The lowest BCUT2D eigenvalue weighted by atomic mass is 9.96. The smallest absolute Gasteiger partial charge is 0.0419 e. The Bertz CT molecular complexity index is 1040. The molecule has 126 valence electrons. The van der Waals surface area contributed by atoms with Gasteiger partial charge >= 0.3 is 0 Å². The van der Waals surface area contributed by atoms with Gasteiger partial charge in [0, 0.05) is 9.50 Å². The van der Waals surface area contributed by atoms with Crippen molar-refractivity contribution in [3.8, 4) is 33.4 Å². The standard InChI is InChI=1S/C24H16BrCl/c25-24-22(18-10-5-2-6-11-18)15-21(26)16-23(24)20-13-7-12-19(14-20)17-8-3-1-4-9-17/h1-16H. The molecule has 0 bridgehead atoms. The Hall–Kier alpha value is -2.35. The van der Waals surface area contributed by atoms with Gasteiger partial charge in [0.15, 0.2) is 0 Å². The molecule has 0 unspecified atom stereocenters. The predicted molar refractivity (Wildman–Crippen MR) is 115 cm³/mol. The zero-order chi connectivity index (χ0) is 17.9. The lowest BCUT2D eigenvalue weighted by molar-refractivity contribution is 1.54. The van der Waals surface area contributed by atoms with Crippen molar-refractivity contribution in [2.75, 3.05) is 0 Å². The minimum atomic E-state index is 0.729. The second kappa shape index (κ2) is 7.49. The van der Waals surface area contributed by atoms with Crippen molar-refractivity contribution in [3.63, 3.8) is 0 Å². The number of hydrogen-bond donors (Lipinski definition) is 0. The maximum absolute atomic E-state index is 6.46. The van der Waals surface area contributed by atoms with Gasteiger partial charge in [0.05, 0.1) is 0 Å². The lowest BCUT2D eigenvalue weighted by Gasteiger charge is -2.13. The summed E-state index contributed by atoms with van der Waals surface area (Å²) in [5, 5.41) is 0.729. The van der Waals surface area contributed by atoms with E-state index in [1.54, 1.807) is 0 Å². The number of rotatable bonds is 3. The average Bonchev–Trinajstić information content (AvgIpc) is 2.71. The molecule has 0 aromatic heterocycles. The molecule has 0 aliphatic rings. The fourth-order valence-corrected chi connectivity index (χ4v) is 4.03. The molecule has 26 heavy (non-hydrogen) atoms. The van der Waals surface area contributed by atoms with Gasteiger partial charge in [-0.15, -0.1) is 0 Å². The van der Waals surface area contributed by atoms with Crippen molar-refractivity contribution >= 4 is 27.5 Å². The summed E-state index contributed by atoms with van der Waals surface area (Å²) in [6.45, 7) is 0. The minimum absolute atomic E-state index is 0.729. The first-order valence-electron chi connectivity index (χ1n) is 8.43. The average molecular weight is 420 g/mol. The Morgan fingerprint density at radius 3 is 1.65 bits per heavy atom. The Morgan fingerprint density at radius 2 is 1.00 bits per heavy atom. The summed E-state index contributed by atoms with van der Waals surface area (Å²) in [4.78, 5) is 0. The molecule has 0 radical (unpaired) electrons. The SMILES string of the molecule is Clc1cc(-c2ccccc2)c(Br)c(-c2cccc(-c3ccccc3)c2)c1. The fraction of sp³-hybridized carbons (Fsp3) is 0. The predicted octanol–water partition coefficient (Wildman–Crippen LogP) is 8.10. The summed E-state index contributed by atoms with van der Waals surface area (Å²) < 4.78 is 1.05. The highest BCUT2D eigenvalue weighted by Gasteiger charge is 2.12. The molecule has 0 aliphatic heterocycles. The molecule has 0 atom stereocenters. The second-order valence-electron chi connectivity index (χ2n) is 6.13. The fourth-order valence-electron chi connectivity index (χ4n) is 3.12. The quantitative estimate of drug-likeness (QED) is 0.314. The minimum Gasteiger partial charge on any atom is -0.0843 e. The molecule has 4 aromatic rings. The van der Waals surface area contributed by atoms with Crippen molar-refractivity contribution in [2.45, 2.75) is 0 Å². The highest BCUT2D eigenvalue weighted by atomic mass is 79.9. The van der Waals surface area contributed by atoms with E-state index in [0.717, 1.165) is 31.7 Å². The Kier molecular flexibility index (Phi) is 4.92. The van der Waals surface area contributed by atoms with Crippen LogP contribution in [0.25, 0.3) is 33.4 Å². The van der Waals surface area contributed by atoms with E-state index in [9.17, 15) is 0 Å². The van der Waals surface area contributed by atoms with Crippen LogP contribution in [0.4, 0.5) is 0 Å². The highest BCUT2D eigenvalue weighted by Crippen LogP contribution is 2.40. The third-order valence-corrected chi connectivity index (χ3v) is 5.48. The van der Waals surface area contributed by atoms with Crippen molar-refractivity contribution < 1.29 is 0 Å². The van der Waals surface area contributed by atoms with Crippen molar-refractivity contribution in [1.29, 1.82) is 0 Å². The summed E-state index contributed by atoms with van der Waals surface area (Å²) in [6, 6.07) is 33.3. The molecule has 0 spiro atoms. The highest BCUT2D eigenvalue weighted by molar-refractivity contribution is 9.10. The van der Waals surface area contributed by atoms with E-state index < -0.39 is 0 Å². The molecule has 0 aliphatic carbocycles. The molecule has 0 fully saturated rings. The van der Waals surface area contributed by atoms with Crippen molar-refractivity contribution in [2.24, 2.45) is 0 Å². The molecule has 4 aromatic carbocycles. The van der Waals surface area contributed by atoms with Gasteiger partial charge in [-0.3, -0.25) is 0 Å². The van der Waals surface area contributed by atoms with Gasteiger partial charge in [0.25, 0.3) is 0 Å². The van der Waals surface area contributed by atoms with Crippen LogP contribution in [0.3, 0.4) is 0 Å². The van der Waals surface area contributed by atoms with E-state index in [0.29, 0.717) is 0 Å². The van der Waals surface area contributed by atoms with E-state index in [1.165, 1.54) is 11.1 Å². The van der Waals surface area contributed by atoms with Gasteiger partial charge in [-0.25, -0.2) is 0 Å². The number of hydrogen-bond acceptors (Lipinski definition) is 0. The molecule has 0 saturated carbocycles. The van der Waals surface area contributed by atoms with Crippen LogP contribution in [-0.2, 0) is 0 Å². The maximum atomic E-state index is 6.46. The van der Waals surface area contributed by atoms with E-state index in [2.05, 4.69) is 76.6 Å². The summed E-state index contributed by atoms with van der Waals surface area (Å²) in [5.41, 5.74) is 6.86. The number of benzene rings is 4. The Morgan fingerprint density at radius 1 is 0.500 bits per heavy atom. The molecule has 0 saturated heterocycles. The normalized spacial score (nSPS) is 10.7. The van der Waals surface area contributed by atoms with Gasteiger partial charge in [0.2, 0.25) is 0 Å². The second-order valence-corrected chi connectivity index (χ2v) is 7.36. The van der Waals surface area contributed by atoms with E-state index in [4.69, 9.17) is 11.6 Å². The summed E-state index contributed by atoms with van der Waals surface area (Å²) >= 11 is 10.3. The maximum Gasteiger partial charge on any atom is 0.0419 e. The van der Waals surface area contributed by atoms with Crippen LogP contribution >= 0.6 is 27.5 Å². The molecular formula is C24H16BrCl. The van der Waals surface area contributed by atoms with Crippen molar-refractivity contribution in [3.05, 3.63) is 107 Å². The molecule has 0 amide bonds. The molecule has 2 heteroatoms. The van der Waals surface area contributed by atoms with Gasteiger partial charge < -0.3 is 0 Å². The summed E-state index contributed by atoms with van der Waals surface area (Å²) in [5.74, 6) is 0. The monoisotopic (exact) mass is 418 g/mol. The van der Waals surface area contributed by atoms with Gasteiger partial charge in [-0.2, -0.15) is 0 Å². The van der Waals surface area contributed by atoms with Crippen LogP contribution in [0.15, 0.2) is 102 Å². The topological polar surface area (TPSA) is 0 Å². The van der Waals surface area contributed by atoms with E-state index in [-0.39, 0.29) is 0 Å². The van der Waals surface area contributed by atoms with E-state index >= 15 is 0 Å². The molecule has 4 rings (SSSR count). The first-order valence-corrected chi connectivity index (χ1v) is 9.60. The van der Waals surface area contributed by atoms with Crippen LogP contribution in [0.5, 0.6) is 0 Å². The zero-order valence-electron chi connectivity index (χ0n) is 14.0. The van der Waals surface area contributed by atoms with Crippen LogP contribution in [-0.4, -0.2) is 0 Å². The third kappa shape index (κ3) is 3.46. The van der Waals surface area contributed by atoms with Crippen LogP contribution in [0, 0.1) is 0 Å². The lowest BCUT2D eigenvalue weighted by Crippen LogP contribution is -1.87. The molecular weight excluding hydrogens is 404 g/mol. The molecule has 0 nitrogen and oxygen atoms in total. The van der Waals surface area contributed by atoms with Crippen LogP contribution in [0.2, 0.25) is 5.02 Å². The summed E-state index contributed by atoms with van der Waals surface area (Å²) in [7, 11) is 0. The largest absolute Gasteiger partial charge is 0.0843 e. The first kappa shape index (κ1) is 17.1. The first-order chi connectivity index (χ1) is 12.7. The van der Waals surface area contributed by atoms with Gasteiger partial charge in [-0.1, -0.05) is 90.5 Å². The Labute approximate surface area is 167 Å². The number of halogens is 2. The zero-order valence-corrected chi connectivity index (χ0v) is 16.3. The third-order valence-electron chi connectivity index (χ3n) is 4.40. The van der Waals surface area contributed by atoms with Crippen molar-refractivity contribution in [1.82, 2.24) is 0 Å². The van der Waals surface area contributed by atoms with Crippen LogP contribution < -0.4 is 0 Å². The van der Waals surface area contributed by atoms with Gasteiger partial charge in [0.1, 0.15) is 0 Å². The van der Waals surface area contributed by atoms with Gasteiger partial charge in [-0.05, 0) is 67.5 Å². The van der Waals surface area contributed by atoms with E-state index in [1.807, 2.05) is 36.4 Å².